The Morgan fingerprint density at radius 1 is 1.26 bits per heavy atom. The van der Waals surface area contributed by atoms with Crippen LogP contribution in [-0.4, -0.2) is 24.5 Å². The molecular formula is C16H25IN4S2. The number of aromatic nitrogens is 1. The number of aliphatic imine (C=N–C) groups is 1. The first-order valence-corrected chi connectivity index (χ1v) is 9.17. The van der Waals surface area contributed by atoms with Crippen LogP contribution in [0, 0.1) is 0 Å². The minimum absolute atomic E-state index is 0. The Hall–Kier alpha value is -0.670. The van der Waals surface area contributed by atoms with Gasteiger partial charge >= 0.3 is 0 Å². The minimum Gasteiger partial charge on any atom is -0.356 e. The molecule has 0 amide bonds. The van der Waals surface area contributed by atoms with Gasteiger partial charge in [-0.1, -0.05) is 26.8 Å². The molecule has 0 aromatic carbocycles. The van der Waals surface area contributed by atoms with Crippen molar-refractivity contribution >= 4 is 52.6 Å². The highest BCUT2D eigenvalue weighted by Gasteiger charge is 2.17. The molecule has 4 nitrogen and oxygen atoms in total. The second kappa shape index (κ2) is 9.58. The Morgan fingerprint density at radius 2 is 2.04 bits per heavy atom. The van der Waals surface area contributed by atoms with E-state index in [9.17, 15) is 0 Å². The maximum atomic E-state index is 4.71. The summed E-state index contributed by atoms with van der Waals surface area (Å²) in [5.74, 6) is 0.834. The number of hydrogen-bond donors (Lipinski definition) is 2. The summed E-state index contributed by atoms with van der Waals surface area (Å²) < 4.78 is 0. The monoisotopic (exact) mass is 464 g/mol. The molecule has 0 aliphatic rings. The van der Waals surface area contributed by atoms with E-state index in [4.69, 9.17) is 4.98 Å². The fraction of sp³-hybridized carbons (Fsp3) is 0.500. The van der Waals surface area contributed by atoms with Gasteiger partial charge in [0, 0.05) is 35.7 Å². The highest BCUT2D eigenvalue weighted by Crippen LogP contribution is 2.23. The Kier molecular flexibility index (Phi) is 8.49. The highest BCUT2D eigenvalue weighted by molar-refractivity contribution is 14.0. The van der Waals surface area contributed by atoms with Crippen LogP contribution in [0.4, 0.5) is 0 Å². The third kappa shape index (κ3) is 6.76. The Morgan fingerprint density at radius 3 is 2.61 bits per heavy atom. The van der Waals surface area contributed by atoms with Crippen molar-refractivity contribution in [1.82, 2.24) is 15.6 Å². The summed E-state index contributed by atoms with van der Waals surface area (Å²) in [4.78, 5) is 10.3. The number of nitrogens with zero attached hydrogens (tertiary/aromatic N) is 2. The summed E-state index contributed by atoms with van der Waals surface area (Å²) in [6.07, 6.45) is 0.917. The number of hydrogen-bond acceptors (Lipinski definition) is 4. The van der Waals surface area contributed by atoms with Crippen molar-refractivity contribution in [3.63, 3.8) is 0 Å². The smallest absolute Gasteiger partial charge is 0.191 e. The van der Waals surface area contributed by atoms with Gasteiger partial charge in [0.1, 0.15) is 0 Å². The van der Waals surface area contributed by atoms with Crippen molar-refractivity contribution in [2.24, 2.45) is 4.99 Å². The van der Waals surface area contributed by atoms with E-state index in [1.807, 2.05) is 0 Å². The Balaban J connectivity index is 0.00000264. The molecule has 0 saturated heterocycles. The maximum absolute atomic E-state index is 4.71. The van der Waals surface area contributed by atoms with Crippen molar-refractivity contribution in [1.29, 1.82) is 0 Å². The van der Waals surface area contributed by atoms with Gasteiger partial charge < -0.3 is 10.6 Å². The number of halogens is 1. The van der Waals surface area contributed by atoms with Crippen LogP contribution in [0.15, 0.2) is 27.9 Å². The van der Waals surface area contributed by atoms with Gasteiger partial charge in [0.2, 0.25) is 0 Å². The highest BCUT2D eigenvalue weighted by atomic mass is 127. The molecule has 0 bridgehead atoms. The van der Waals surface area contributed by atoms with Gasteiger partial charge in [-0.3, -0.25) is 4.99 Å². The molecule has 0 atom stereocenters. The standard InChI is InChI=1S/C16H24N4S2.HI/c1-16(2,3)13-11-22-14(20-13)7-8-18-15(17-4)19-10-12-6-5-9-21-12;/h5-6,9,11H,7-8,10H2,1-4H3,(H2,17,18,19);1H. The van der Waals surface area contributed by atoms with Gasteiger partial charge in [-0.15, -0.1) is 46.7 Å². The van der Waals surface area contributed by atoms with Gasteiger partial charge in [0.05, 0.1) is 17.2 Å². The predicted molar refractivity (Wildman–Crippen MR) is 112 cm³/mol. The number of nitrogens with one attached hydrogen (secondary N) is 2. The van der Waals surface area contributed by atoms with Crippen molar-refractivity contribution in [2.45, 2.75) is 39.2 Å². The van der Waals surface area contributed by atoms with E-state index >= 15 is 0 Å². The number of thiophene rings is 1. The molecule has 0 aliphatic carbocycles. The molecule has 2 aromatic heterocycles. The molecule has 2 aromatic rings. The van der Waals surface area contributed by atoms with E-state index in [-0.39, 0.29) is 29.4 Å². The molecule has 0 unspecified atom stereocenters. The first kappa shape index (κ1) is 20.4. The lowest BCUT2D eigenvalue weighted by Crippen LogP contribution is -2.37. The first-order valence-electron chi connectivity index (χ1n) is 7.41. The number of thiazole rings is 1. The summed E-state index contributed by atoms with van der Waals surface area (Å²) in [5.41, 5.74) is 1.30. The van der Waals surface area contributed by atoms with E-state index in [1.54, 1.807) is 29.7 Å². The molecule has 0 spiro atoms. The quantitative estimate of drug-likeness (QED) is 0.399. The maximum Gasteiger partial charge on any atom is 0.191 e. The summed E-state index contributed by atoms with van der Waals surface area (Å²) in [5, 5.41) is 12.1. The van der Waals surface area contributed by atoms with E-state index in [0.29, 0.717) is 0 Å². The van der Waals surface area contributed by atoms with Crippen LogP contribution in [-0.2, 0) is 18.4 Å². The second-order valence-corrected chi connectivity index (χ2v) is 8.03. The van der Waals surface area contributed by atoms with E-state index in [1.165, 1.54) is 15.6 Å². The molecule has 0 saturated carbocycles. The number of rotatable bonds is 5. The van der Waals surface area contributed by atoms with E-state index in [2.05, 4.69) is 59.3 Å². The zero-order valence-electron chi connectivity index (χ0n) is 14.0. The molecular weight excluding hydrogens is 439 g/mol. The van der Waals surface area contributed by atoms with Gasteiger partial charge in [-0.2, -0.15) is 0 Å². The van der Waals surface area contributed by atoms with Crippen LogP contribution >= 0.6 is 46.7 Å². The average Bonchev–Trinajstić information content (AvgIpc) is 3.13. The van der Waals surface area contributed by atoms with Gasteiger partial charge in [0.25, 0.3) is 0 Å². The molecule has 2 heterocycles. The van der Waals surface area contributed by atoms with Crippen molar-refractivity contribution in [3.05, 3.63) is 38.5 Å². The fourth-order valence-corrected chi connectivity index (χ4v) is 3.53. The van der Waals surface area contributed by atoms with E-state index < -0.39 is 0 Å². The van der Waals surface area contributed by atoms with Crippen molar-refractivity contribution in [2.75, 3.05) is 13.6 Å². The van der Waals surface area contributed by atoms with E-state index in [0.717, 1.165) is 25.5 Å². The van der Waals surface area contributed by atoms with Crippen LogP contribution in [0.1, 0.15) is 36.3 Å². The van der Waals surface area contributed by atoms with Crippen LogP contribution in [0.25, 0.3) is 0 Å². The molecule has 128 valence electrons. The molecule has 0 radical (unpaired) electrons. The van der Waals surface area contributed by atoms with Crippen molar-refractivity contribution in [3.8, 4) is 0 Å². The average molecular weight is 464 g/mol. The van der Waals surface area contributed by atoms with Crippen molar-refractivity contribution < 1.29 is 0 Å². The number of guanidine groups is 1. The van der Waals surface area contributed by atoms with Gasteiger partial charge in [-0.25, -0.2) is 4.98 Å². The third-order valence-electron chi connectivity index (χ3n) is 3.19. The van der Waals surface area contributed by atoms with Crippen LogP contribution in [0.5, 0.6) is 0 Å². The summed E-state index contributed by atoms with van der Waals surface area (Å²) >= 11 is 3.48. The van der Waals surface area contributed by atoms with Gasteiger partial charge in [-0.05, 0) is 11.4 Å². The summed E-state index contributed by atoms with van der Waals surface area (Å²) in [7, 11) is 1.80. The minimum atomic E-state index is 0. The van der Waals surface area contributed by atoms with Gasteiger partial charge in [0.15, 0.2) is 5.96 Å². The first-order chi connectivity index (χ1) is 10.5. The molecule has 7 heteroatoms. The lowest BCUT2D eigenvalue weighted by atomic mass is 9.93. The lowest BCUT2D eigenvalue weighted by molar-refractivity contribution is 0.570. The predicted octanol–water partition coefficient (Wildman–Crippen LogP) is 4.03. The molecule has 2 rings (SSSR count). The SMILES string of the molecule is CN=C(NCCc1nc(C(C)(C)C)cs1)NCc1cccs1.I. The summed E-state index contributed by atoms with van der Waals surface area (Å²) in [6, 6.07) is 4.18. The van der Waals surface area contributed by atoms with Crippen LogP contribution in [0.3, 0.4) is 0 Å². The second-order valence-electron chi connectivity index (χ2n) is 6.06. The zero-order chi connectivity index (χ0) is 16.0. The molecule has 23 heavy (non-hydrogen) atoms. The molecule has 0 aliphatic heterocycles. The Bertz CT molecular complexity index is 600. The topological polar surface area (TPSA) is 49.3 Å². The lowest BCUT2D eigenvalue weighted by Gasteiger charge is -2.14. The van der Waals surface area contributed by atoms with Crippen LogP contribution in [0.2, 0.25) is 0 Å². The summed E-state index contributed by atoms with van der Waals surface area (Å²) in [6.45, 7) is 8.23. The molecule has 0 fully saturated rings. The largest absolute Gasteiger partial charge is 0.356 e. The van der Waals surface area contributed by atoms with Crippen LogP contribution < -0.4 is 10.6 Å². The fourth-order valence-electron chi connectivity index (χ4n) is 1.86. The zero-order valence-corrected chi connectivity index (χ0v) is 18.0. The normalized spacial score (nSPS) is 11.9. The third-order valence-corrected chi connectivity index (χ3v) is 4.97. The molecule has 2 N–H and O–H groups in total. The Labute approximate surface area is 163 Å².